The van der Waals surface area contributed by atoms with Gasteiger partial charge in [0, 0.05) is 17.5 Å². The quantitative estimate of drug-likeness (QED) is 0.881. The molecule has 98 valence electrons. The molecule has 1 aromatic carbocycles. The van der Waals surface area contributed by atoms with Crippen LogP contribution in [0.3, 0.4) is 0 Å². The lowest BCUT2D eigenvalue weighted by molar-refractivity contribution is -0.137. The van der Waals surface area contributed by atoms with Crippen molar-refractivity contribution in [2.45, 2.75) is 25.2 Å². The highest BCUT2D eigenvalue weighted by atomic mass is 19.1. The average molecular weight is 256 g/mol. The van der Waals surface area contributed by atoms with Gasteiger partial charge in [0.25, 0.3) is 0 Å². The molecule has 0 bridgehead atoms. The Bertz CT molecular complexity index is 470. The van der Waals surface area contributed by atoms with Crippen molar-refractivity contribution >= 4 is 5.97 Å². The Labute approximate surface area is 103 Å². The summed E-state index contributed by atoms with van der Waals surface area (Å²) in [6.07, 6.45) is 1.64. The normalized spacial score (nSPS) is 16.4. The minimum absolute atomic E-state index is 0.0467. The van der Waals surface area contributed by atoms with Crippen molar-refractivity contribution in [3.8, 4) is 5.75 Å². The lowest BCUT2D eigenvalue weighted by Crippen LogP contribution is -2.11. The minimum atomic E-state index is -0.973. The Hall–Kier alpha value is -1.65. The smallest absolute Gasteiger partial charge is 0.303 e. The summed E-state index contributed by atoms with van der Waals surface area (Å²) >= 11 is 0. The SMILES string of the molecule is COc1c(F)cc(F)cc1C(CC(=O)O)C1CC1. The van der Waals surface area contributed by atoms with Gasteiger partial charge in [0.05, 0.1) is 13.5 Å². The molecule has 1 fully saturated rings. The number of ether oxygens (including phenoxy) is 1. The second-order valence-electron chi connectivity index (χ2n) is 4.55. The molecule has 18 heavy (non-hydrogen) atoms. The number of carboxylic acid groups (broad SMARTS) is 1. The Kier molecular flexibility index (Phi) is 3.50. The molecular weight excluding hydrogens is 242 g/mol. The second kappa shape index (κ2) is 4.92. The first-order valence-electron chi connectivity index (χ1n) is 5.77. The van der Waals surface area contributed by atoms with Crippen LogP contribution in [0.25, 0.3) is 0 Å². The third kappa shape index (κ3) is 2.60. The van der Waals surface area contributed by atoms with Crippen LogP contribution in [0.2, 0.25) is 0 Å². The van der Waals surface area contributed by atoms with E-state index in [4.69, 9.17) is 9.84 Å². The van der Waals surface area contributed by atoms with Gasteiger partial charge in [-0.1, -0.05) is 0 Å². The van der Waals surface area contributed by atoms with Gasteiger partial charge < -0.3 is 9.84 Å². The molecule has 1 unspecified atom stereocenters. The van der Waals surface area contributed by atoms with Gasteiger partial charge in [-0.15, -0.1) is 0 Å². The van der Waals surface area contributed by atoms with Gasteiger partial charge in [-0.25, -0.2) is 8.78 Å². The zero-order chi connectivity index (χ0) is 13.3. The number of benzene rings is 1. The maximum atomic E-state index is 13.6. The fourth-order valence-electron chi connectivity index (χ4n) is 2.29. The average Bonchev–Trinajstić information content (AvgIpc) is 3.08. The van der Waals surface area contributed by atoms with Crippen molar-refractivity contribution in [1.29, 1.82) is 0 Å². The number of carboxylic acids is 1. The van der Waals surface area contributed by atoms with Crippen molar-refractivity contribution in [2.24, 2.45) is 5.92 Å². The van der Waals surface area contributed by atoms with E-state index in [9.17, 15) is 13.6 Å². The van der Waals surface area contributed by atoms with Crippen LogP contribution in [0, 0.1) is 17.6 Å². The number of aliphatic carboxylic acids is 1. The van der Waals surface area contributed by atoms with E-state index in [1.807, 2.05) is 0 Å². The standard InChI is InChI=1S/C13H14F2O3/c1-18-13-10(4-8(14)5-11(13)15)9(6-12(16)17)7-2-3-7/h4-5,7,9H,2-3,6H2,1H3,(H,16,17). The van der Waals surface area contributed by atoms with Crippen molar-refractivity contribution < 1.29 is 23.4 Å². The molecule has 2 rings (SSSR count). The Morgan fingerprint density at radius 3 is 2.67 bits per heavy atom. The zero-order valence-electron chi connectivity index (χ0n) is 9.95. The van der Waals surface area contributed by atoms with Crippen LogP contribution in [-0.4, -0.2) is 18.2 Å². The van der Waals surface area contributed by atoms with E-state index in [1.165, 1.54) is 13.2 Å². The van der Waals surface area contributed by atoms with Crippen LogP contribution in [0.4, 0.5) is 8.78 Å². The largest absolute Gasteiger partial charge is 0.493 e. The lowest BCUT2D eigenvalue weighted by Gasteiger charge is -2.18. The summed E-state index contributed by atoms with van der Waals surface area (Å²) in [5, 5.41) is 8.90. The maximum absolute atomic E-state index is 13.6. The minimum Gasteiger partial charge on any atom is -0.493 e. The molecule has 1 aromatic rings. The van der Waals surface area contributed by atoms with Crippen LogP contribution >= 0.6 is 0 Å². The number of rotatable bonds is 5. The van der Waals surface area contributed by atoms with Crippen LogP contribution < -0.4 is 4.74 Å². The van der Waals surface area contributed by atoms with E-state index in [2.05, 4.69) is 0 Å². The number of hydrogen-bond acceptors (Lipinski definition) is 2. The van der Waals surface area contributed by atoms with E-state index in [1.54, 1.807) is 0 Å². The van der Waals surface area contributed by atoms with Crippen LogP contribution in [0.1, 0.15) is 30.7 Å². The van der Waals surface area contributed by atoms with Gasteiger partial charge in [0.1, 0.15) is 5.82 Å². The van der Waals surface area contributed by atoms with Gasteiger partial charge in [0.2, 0.25) is 0 Å². The molecule has 5 heteroatoms. The first kappa shape index (κ1) is 12.8. The lowest BCUT2D eigenvalue weighted by atomic mass is 9.90. The topological polar surface area (TPSA) is 46.5 Å². The van der Waals surface area contributed by atoms with E-state index >= 15 is 0 Å². The molecule has 0 radical (unpaired) electrons. The molecule has 3 nitrogen and oxygen atoms in total. The molecule has 0 heterocycles. The maximum Gasteiger partial charge on any atom is 0.303 e. The van der Waals surface area contributed by atoms with Gasteiger partial charge in [-0.2, -0.15) is 0 Å². The molecule has 0 aromatic heterocycles. The third-order valence-electron chi connectivity index (χ3n) is 3.23. The summed E-state index contributed by atoms with van der Waals surface area (Å²) in [7, 11) is 1.30. The predicted molar refractivity (Wildman–Crippen MR) is 60.6 cm³/mol. The first-order valence-corrected chi connectivity index (χ1v) is 5.77. The highest BCUT2D eigenvalue weighted by Crippen LogP contribution is 2.47. The Balaban J connectivity index is 2.42. The van der Waals surface area contributed by atoms with E-state index in [-0.39, 0.29) is 24.0 Å². The summed E-state index contributed by atoms with van der Waals surface area (Å²) in [6.45, 7) is 0. The van der Waals surface area contributed by atoms with Gasteiger partial charge in [-0.3, -0.25) is 4.79 Å². The third-order valence-corrected chi connectivity index (χ3v) is 3.23. The molecule has 1 aliphatic carbocycles. The number of halogens is 2. The van der Waals surface area contributed by atoms with Gasteiger partial charge >= 0.3 is 5.97 Å². The second-order valence-corrected chi connectivity index (χ2v) is 4.55. The number of carbonyl (C=O) groups is 1. The number of methoxy groups -OCH3 is 1. The summed E-state index contributed by atoms with van der Waals surface area (Å²) in [4.78, 5) is 10.9. The molecule has 1 atom stereocenters. The highest BCUT2D eigenvalue weighted by Gasteiger charge is 2.36. The predicted octanol–water partition coefficient (Wildman–Crippen LogP) is 2.94. The first-order chi connectivity index (χ1) is 8.52. The van der Waals surface area contributed by atoms with E-state index in [0.29, 0.717) is 5.56 Å². The monoisotopic (exact) mass is 256 g/mol. The molecule has 1 saturated carbocycles. The Morgan fingerprint density at radius 1 is 1.50 bits per heavy atom. The summed E-state index contributed by atoms with van der Waals surface area (Å²) in [5.74, 6) is -2.73. The number of hydrogen-bond donors (Lipinski definition) is 1. The molecule has 0 saturated heterocycles. The zero-order valence-corrected chi connectivity index (χ0v) is 9.95. The Morgan fingerprint density at radius 2 is 2.17 bits per heavy atom. The van der Waals surface area contributed by atoms with Crippen molar-refractivity contribution in [3.05, 3.63) is 29.3 Å². The molecule has 1 aliphatic rings. The fourth-order valence-corrected chi connectivity index (χ4v) is 2.29. The molecule has 0 aliphatic heterocycles. The van der Waals surface area contributed by atoms with Crippen molar-refractivity contribution in [1.82, 2.24) is 0 Å². The van der Waals surface area contributed by atoms with Crippen LogP contribution in [-0.2, 0) is 4.79 Å². The summed E-state index contributed by atoms with van der Waals surface area (Å²) < 4.78 is 31.8. The van der Waals surface area contributed by atoms with Gasteiger partial charge in [-0.05, 0) is 24.8 Å². The van der Waals surface area contributed by atoms with Crippen molar-refractivity contribution in [2.75, 3.05) is 7.11 Å². The van der Waals surface area contributed by atoms with Crippen LogP contribution in [0.15, 0.2) is 12.1 Å². The van der Waals surface area contributed by atoms with E-state index < -0.39 is 17.6 Å². The van der Waals surface area contributed by atoms with E-state index in [0.717, 1.165) is 18.9 Å². The molecular formula is C13H14F2O3. The molecule has 0 spiro atoms. The summed E-state index contributed by atoms with van der Waals surface area (Å²) in [5.41, 5.74) is 0.319. The van der Waals surface area contributed by atoms with Gasteiger partial charge in [0.15, 0.2) is 11.6 Å². The summed E-state index contributed by atoms with van der Waals surface area (Å²) in [6, 6.07) is 1.92. The highest BCUT2D eigenvalue weighted by molar-refractivity contribution is 5.68. The van der Waals surface area contributed by atoms with Crippen molar-refractivity contribution in [3.63, 3.8) is 0 Å². The fraction of sp³-hybridized carbons (Fsp3) is 0.462. The van der Waals surface area contributed by atoms with Crippen LogP contribution in [0.5, 0.6) is 5.75 Å². The molecule has 1 N–H and O–H groups in total. The molecule has 0 amide bonds.